The van der Waals surface area contributed by atoms with Gasteiger partial charge >= 0.3 is 0 Å². The van der Waals surface area contributed by atoms with Gasteiger partial charge in [0.25, 0.3) is 5.84 Å². The second kappa shape index (κ2) is 5.46. The Morgan fingerprint density at radius 2 is 2.17 bits per heavy atom. The van der Waals surface area contributed by atoms with Crippen molar-refractivity contribution in [1.82, 2.24) is 5.32 Å². The number of amidine groups is 1. The maximum Gasteiger partial charge on any atom is 0.278 e. The SMILES string of the molecule is CC(O)(C([S-])=Nc1ccccc1)C1=[NH+]CCCN1. The van der Waals surface area contributed by atoms with E-state index < -0.39 is 5.60 Å². The van der Waals surface area contributed by atoms with Crippen molar-refractivity contribution >= 4 is 29.2 Å². The molecule has 1 atom stereocenters. The Morgan fingerprint density at radius 3 is 2.78 bits per heavy atom. The van der Waals surface area contributed by atoms with E-state index in [4.69, 9.17) is 12.6 Å². The summed E-state index contributed by atoms with van der Waals surface area (Å²) < 4.78 is 0. The Balaban J connectivity index is 2.24. The van der Waals surface area contributed by atoms with E-state index in [0.29, 0.717) is 5.84 Å². The van der Waals surface area contributed by atoms with Crippen LogP contribution < -0.4 is 10.3 Å². The van der Waals surface area contributed by atoms with Crippen molar-refractivity contribution in [3.63, 3.8) is 0 Å². The Labute approximate surface area is 112 Å². The summed E-state index contributed by atoms with van der Waals surface area (Å²) in [6.45, 7) is 3.33. The molecule has 96 valence electrons. The zero-order valence-electron chi connectivity index (χ0n) is 10.3. The van der Waals surface area contributed by atoms with Crippen molar-refractivity contribution < 1.29 is 10.1 Å². The van der Waals surface area contributed by atoms with Crippen LogP contribution in [0, 0.1) is 0 Å². The number of nitrogens with one attached hydrogen (secondary N) is 2. The molecule has 0 saturated heterocycles. The molecule has 0 radical (unpaired) electrons. The third-order valence-electron chi connectivity index (χ3n) is 2.85. The molecule has 4 nitrogen and oxygen atoms in total. The lowest BCUT2D eigenvalue weighted by molar-refractivity contribution is -0.468. The van der Waals surface area contributed by atoms with E-state index in [1.807, 2.05) is 30.3 Å². The van der Waals surface area contributed by atoms with Gasteiger partial charge in [0.2, 0.25) is 0 Å². The van der Waals surface area contributed by atoms with Crippen molar-refractivity contribution in [1.29, 1.82) is 0 Å². The van der Waals surface area contributed by atoms with Gasteiger partial charge in [0, 0.05) is 6.42 Å². The zero-order valence-corrected chi connectivity index (χ0v) is 11.1. The molecule has 0 bridgehead atoms. The lowest BCUT2D eigenvalue weighted by Crippen LogP contribution is -2.84. The summed E-state index contributed by atoms with van der Waals surface area (Å²) in [6, 6.07) is 9.41. The van der Waals surface area contributed by atoms with Crippen molar-refractivity contribution in [3.8, 4) is 0 Å². The second-order valence-corrected chi connectivity index (χ2v) is 4.79. The molecule has 1 heterocycles. The third-order valence-corrected chi connectivity index (χ3v) is 3.34. The van der Waals surface area contributed by atoms with E-state index in [-0.39, 0.29) is 5.04 Å². The largest absolute Gasteiger partial charge is 0.761 e. The predicted octanol–water partition coefficient (Wildman–Crippen LogP) is -0.513. The number of hydrogen-bond acceptors (Lipinski definition) is 4. The molecule has 0 spiro atoms. The lowest BCUT2D eigenvalue weighted by Gasteiger charge is -2.29. The Morgan fingerprint density at radius 1 is 1.44 bits per heavy atom. The average Bonchev–Trinajstić information content (AvgIpc) is 2.41. The zero-order chi connectivity index (χ0) is 13.0. The smallest absolute Gasteiger partial charge is 0.278 e. The normalized spacial score (nSPS) is 19.7. The highest BCUT2D eigenvalue weighted by atomic mass is 32.1. The highest BCUT2D eigenvalue weighted by Gasteiger charge is 2.33. The van der Waals surface area contributed by atoms with Gasteiger partial charge in [0.15, 0.2) is 5.60 Å². The van der Waals surface area contributed by atoms with Gasteiger partial charge in [-0.3, -0.25) is 15.3 Å². The van der Waals surface area contributed by atoms with Crippen LogP contribution in [-0.2, 0) is 12.6 Å². The minimum atomic E-state index is -1.26. The molecule has 1 aliphatic heterocycles. The standard InChI is InChI=1S/C13H17N3OS/c1-13(17,11-14-8-5-9-15-11)12(18)16-10-6-3-2-4-7-10/h2-4,6-7,17H,5,8-9H2,1H3,(H,14,15)(H,16,18). The molecule has 0 fully saturated rings. The van der Waals surface area contributed by atoms with Crippen LogP contribution in [-0.4, -0.2) is 34.7 Å². The van der Waals surface area contributed by atoms with Gasteiger partial charge in [-0.2, -0.15) is 0 Å². The van der Waals surface area contributed by atoms with E-state index in [1.165, 1.54) is 0 Å². The number of aliphatic imine (C=N–C) groups is 1. The summed E-state index contributed by atoms with van der Waals surface area (Å²) in [7, 11) is 0. The minimum absolute atomic E-state index is 0.255. The van der Waals surface area contributed by atoms with E-state index in [0.717, 1.165) is 25.2 Å². The number of aliphatic hydroxyl groups is 1. The molecule has 1 aliphatic rings. The highest BCUT2D eigenvalue weighted by molar-refractivity contribution is 7.78. The molecule has 0 amide bonds. The van der Waals surface area contributed by atoms with Gasteiger partial charge in [0.1, 0.15) is 0 Å². The maximum absolute atomic E-state index is 10.5. The van der Waals surface area contributed by atoms with Crippen molar-refractivity contribution in [2.24, 2.45) is 4.99 Å². The molecule has 18 heavy (non-hydrogen) atoms. The summed E-state index contributed by atoms with van der Waals surface area (Å²) in [5.74, 6) is 0.637. The minimum Gasteiger partial charge on any atom is -0.761 e. The molecule has 0 aliphatic carbocycles. The Hall–Kier alpha value is -1.46. The first kappa shape index (κ1) is 13.0. The molecule has 1 aromatic rings. The molecule has 1 aromatic carbocycles. The van der Waals surface area contributed by atoms with Crippen LogP contribution in [0.2, 0.25) is 0 Å². The van der Waals surface area contributed by atoms with E-state index >= 15 is 0 Å². The second-order valence-electron chi connectivity index (χ2n) is 4.41. The monoisotopic (exact) mass is 263 g/mol. The molecular weight excluding hydrogens is 246 g/mol. The lowest BCUT2D eigenvalue weighted by atomic mass is 10.1. The first-order chi connectivity index (χ1) is 8.60. The van der Waals surface area contributed by atoms with Gasteiger partial charge in [-0.25, -0.2) is 0 Å². The van der Waals surface area contributed by atoms with E-state index in [2.05, 4.69) is 15.3 Å². The average molecular weight is 263 g/mol. The molecular formula is C13H17N3OS. The summed E-state index contributed by atoms with van der Waals surface area (Å²) in [4.78, 5) is 7.42. The van der Waals surface area contributed by atoms with Gasteiger partial charge < -0.3 is 17.7 Å². The van der Waals surface area contributed by atoms with Crippen LogP contribution in [0.4, 0.5) is 5.69 Å². The van der Waals surface area contributed by atoms with Crippen LogP contribution >= 0.6 is 0 Å². The van der Waals surface area contributed by atoms with Crippen LogP contribution in [0.5, 0.6) is 0 Å². The fraction of sp³-hybridized carbons (Fsp3) is 0.385. The molecule has 1 unspecified atom stereocenters. The predicted molar refractivity (Wildman–Crippen MR) is 75.0 cm³/mol. The number of nitrogens with zero attached hydrogens (tertiary/aromatic N) is 1. The van der Waals surface area contributed by atoms with Crippen LogP contribution in [0.3, 0.4) is 0 Å². The van der Waals surface area contributed by atoms with E-state index in [1.54, 1.807) is 6.92 Å². The third kappa shape index (κ3) is 2.86. The fourth-order valence-corrected chi connectivity index (χ4v) is 1.96. The number of hydrogen-bond donors (Lipinski definition) is 3. The van der Waals surface area contributed by atoms with Crippen LogP contribution in [0.1, 0.15) is 13.3 Å². The number of rotatable bonds is 3. The van der Waals surface area contributed by atoms with Gasteiger partial charge in [0.05, 0.1) is 18.8 Å². The van der Waals surface area contributed by atoms with E-state index in [9.17, 15) is 5.11 Å². The Bertz CT molecular complexity index is 468. The van der Waals surface area contributed by atoms with Gasteiger partial charge in [-0.15, -0.1) is 0 Å². The Kier molecular flexibility index (Phi) is 3.93. The quantitative estimate of drug-likeness (QED) is 0.391. The van der Waals surface area contributed by atoms with Crippen molar-refractivity contribution in [2.75, 3.05) is 13.1 Å². The van der Waals surface area contributed by atoms with Gasteiger partial charge in [-0.05, 0) is 19.1 Å². The van der Waals surface area contributed by atoms with Crippen LogP contribution in [0.25, 0.3) is 0 Å². The van der Waals surface area contributed by atoms with Crippen LogP contribution in [0.15, 0.2) is 35.3 Å². The number of para-hydroxylation sites is 1. The molecule has 3 N–H and O–H groups in total. The molecule has 5 heteroatoms. The maximum atomic E-state index is 10.5. The van der Waals surface area contributed by atoms with Gasteiger partial charge in [-0.1, -0.05) is 23.2 Å². The fourth-order valence-electron chi connectivity index (χ4n) is 1.76. The molecule has 0 aromatic heterocycles. The number of benzene rings is 1. The molecule has 0 saturated carbocycles. The first-order valence-corrected chi connectivity index (χ1v) is 6.40. The highest BCUT2D eigenvalue weighted by Crippen LogP contribution is 2.14. The summed E-state index contributed by atoms with van der Waals surface area (Å²) in [5, 5.41) is 13.9. The topological polar surface area (TPSA) is 58.6 Å². The van der Waals surface area contributed by atoms with Crippen molar-refractivity contribution in [3.05, 3.63) is 30.3 Å². The molecule has 2 rings (SSSR count). The first-order valence-electron chi connectivity index (χ1n) is 5.99. The van der Waals surface area contributed by atoms with Crippen molar-refractivity contribution in [2.45, 2.75) is 18.9 Å². The summed E-state index contributed by atoms with van der Waals surface area (Å²) in [6.07, 6.45) is 1.03. The summed E-state index contributed by atoms with van der Waals surface area (Å²) in [5.41, 5.74) is -0.509. The summed E-state index contributed by atoms with van der Waals surface area (Å²) >= 11 is 5.24.